The number of ether oxygens (including phenoxy) is 1. The number of hydrogen-bond acceptors (Lipinski definition) is 4. The summed E-state index contributed by atoms with van der Waals surface area (Å²) in [6.45, 7) is 4.67. The highest BCUT2D eigenvalue weighted by molar-refractivity contribution is 6.36. The summed E-state index contributed by atoms with van der Waals surface area (Å²) in [5.41, 5.74) is 0.406. The normalized spacial score (nSPS) is 28.0. The van der Waals surface area contributed by atoms with Gasteiger partial charge in [-0.2, -0.15) is 0 Å². The number of pyridine rings is 1. The van der Waals surface area contributed by atoms with Crippen molar-refractivity contribution in [3.05, 3.63) is 29.0 Å². The maximum Gasteiger partial charge on any atom is 0.253 e. The highest BCUT2D eigenvalue weighted by atomic mass is 35.5. The van der Waals surface area contributed by atoms with Crippen LogP contribution in [0.25, 0.3) is 11.0 Å². The van der Waals surface area contributed by atoms with Crippen LogP contribution in [0.1, 0.15) is 49.4 Å². The van der Waals surface area contributed by atoms with E-state index in [0.29, 0.717) is 27.8 Å². The van der Waals surface area contributed by atoms with Crippen LogP contribution in [0, 0.1) is 11.8 Å². The van der Waals surface area contributed by atoms with E-state index < -0.39 is 5.60 Å². The summed E-state index contributed by atoms with van der Waals surface area (Å²) in [6, 6.07) is 1.71. The molecule has 3 heterocycles. The number of amides is 1. The Hall–Kier alpha value is -1.63. The summed E-state index contributed by atoms with van der Waals surface area (Å²) in [7, 11) is 0. The van der Waals surface area contributed by atoms with Gasteiger partial charge >= 0.3 is 0 Å². The van der Waals surface area contributed by atoms with Crippen molar-refractivity contribution >= 4 is 28.5 Å². The van der Waals surface area contributed by atoms with E-state index in [9.17, 15) is 9.90 Å². The van der Waals surface area contributed by atoms with Crippen molar-refractivity contribution in [2.75, 3.05) is 19.8 Å². The third-order valence-corrected chi connectivity index (χ3v) is 6.39. The average molecular weight is 406 g/mol. The summed E-state index contributed by atoms with van der Waals surface area (Å²) in [6.07, 6.45) is 8.09. The standard InChI is InChI=1S/C21H28ClN3O3/c1-14-3-2-6-21(27,9-14)13-24-20(26)16-11-25(10-15-5-8-28-12-15)19-18(16)17(22)4-7-23-19/h4,7,11,14-15,27H,2-3,5-6,8-10,12-13H2,1H3,(H,24,26)/t14-,15?,21-/m0/s1. The Labute approximate surface area is 170 Å². The van der Waals surface area contributed by atoms with Crippen molar-refractivity contribution in [1.29, 1.82) is 0 Å². The Morgan fingerprint density at radius 1 is 1.50 bits per heavy atom. The molecule has 2 aromatic rings. The number of aromatic nitrogens is 2. The van der Waals surface area contributed by atoms with Gasteiger partial charge in [-0.05, 0) is 31.2 Å². The van der Waals surface area contributed by atoms with Gasteiger partial charge in [0.25, 0.3) is 5.91 Å². The van der Waals surface area contributed by atoms with Crippen LogP contribution in [0.5, 0.6) is 0 Å². The fourth-order valence-electron chi connectivity index (χ4n) is 4.63. The minimum Gasteiger partial charge on any atom is -0.388 e. The van der Waals surface area contributed by atoms with Gasteiger partial charge in [-0.3, -0.25) is 4.79 Å². The Kier molecular flexibility index (Phi) is 5.63. The fraction of sp³-hybridized carbons (Fsp3) is 0.619. The van der Waals surface area contributed by atoms with E-state index in [2.05, 4.69) is 17.2 Å². The molecule has 1 aliphatic heterocycles. The zero-order valence-corrected chi connectivity index (χ0v) is 17.0. The van der Waals surface area contributed by atoms with E-state index >= 15 is 0 Å². The van der Waals surface area contributed by atoms with E-state index in [1.807, 2.05) is 10.8 Å². The van der Waals surface area contributed by atoms with Crippen LogP contribution >= 0.6 is 11.6 Å². The molecule has 3 atom stereocenters. The second-order valence-electron chi connectivity index (χ2n) is 8.52. The first-order valence-electron chi connectivity index (χ1n) is 10.2. The molecule has 0 spiro atoms. The number of hydrogen-bond donors (Lipinski definition) is 2. The molecule has 0 bridgehead atoms. The quantitative estimate of drug-likeness (QED) is 0.799. The van der Waals surface area contributed by atoms with E-state index in [1.165, 1.54) is 0 Å². The zero-order chi connectivity index (χ0) is 19.7. The van der Waals surface area contributed by atoms with Crippen LogP contribution in [0.15, 0.2) is 18.5 Å². The molecule has 1 saturated heterocycles. The molecular formula is C21H28ClN3O3. The van der Waals surface area contributed by atoms with Gasteiger partial charge in [0.2, 0.25) is 0 Å². The molecule has 0 aromatic carbocycles. The maximum atomic E-state index is 13.0. The molecule has 2 N–H and O–H groups in total. The number of rotatable bonds is 5. The number of nitrogens with zero attached hydrogens (tertiary/aromatic N) is 2. The minimum absolute atomic E-state index is 0.215. The van der Waals surface area contributed by atoms with Gasteiger partial charge in [0, 0.05) is 38.0 Å². The van der Waals surface area contributed by atoms with E-state index in [-0.39, 0.29) is 12.5 Å². The van der Waals surface area contributed by atoms with Gasteiger partial charge in [0.15, 0.2) is 0 Å². The lowest BCUT2D eigenvalue weighted by Gasteiger charge is -2.35. The lowest BCUT2D eigenvalue weighted by atomic mass is 9.79. The summed E-state index contributed by atoms with van der Waals surface area (Å²) in [5.74, 6) is 0.676. The summed E-state index contributed by atoms with van der Waals surface area (Å²) >= 11 is 6.42. The molecule has 2 aliphatic rings. The second-order valence-corrected chi connectivity index (χ2v) is 8.93. The smallest absolute Gasteiger partial charge is 0.253 e. The van der Waals surface area contributed by atoms with Crippen molar-refractivity contribution in [3.63, 3.8) is 0 Å². The first-order chi connectivity index (χ1) is 13.5. The molecule has 4 rings (SSSR count). The molecule has 6 nitrogen and oxygen atoms in total. The van der Waals surface area contributed by atoms with E-state index in [4.69, 9.17) is 16.3 Å². The fourth-order valence-corrected chi connectivity index (χ4v) is 4.87. The van der Waals surface area contributed by atoms with Crippen LogP contribution in [0.3, 0.4) is 0 Å². The zero-order valence-electron chi connectivity index (χ0n) is 16.3. The van der Waals surface area contributed by atoms with E-state index in [0.717, 1.165) is 57.5 Å². The molecule has 152 valence electrons. The summed E-state index contributed by atoms with van der Waals surface area (Å²) in [5, 5.41) is 15.0. The van der Waals surface area contributed by atoms with Crippen LogP contribution in [0.4, 0.5) is 0 Å². The number of aliphatic hydroxyl groups is 1. The number of carbonyl (C=O) groups excluding carboxylic acids is 1. The topological polar surface area (TPSA) is 76.4 Å². The Morgan fingerprint density at radius 3 is 3.11 bits per heavy atom. The average Bonchev–Trinajstić information content (AvgIpc) is 3.29. The SMILES string of the molecule is C[C@H]1CCC[C@@](O)(CNC(=O)c2cn(CC3CCOC3)c3nccc(Cl)c23)C1. The van der Waals surface area contributed by atoms with Gasteiger partial charge in [-0.15, -0.1) is 0 Å². The summed E-state index contributed by atoms with van der Waals surface area (Å²) < 4.78 is 7.48. The van der Waals surface area contributed by atoms with Crippen LogP contribution in [-0.4, -0.2) is 45.9 Å². The van der Waals surface area contributed by atoms with Gasteiger partial charge in [-0.1, -0.05) is 31.4 Å². The minimum atomic E-state index is -0.824. The third kappa shape index (κ3) is 4.04. The Bertz CT molecular complexity index is 862. The molecular weight excluding hydrogens is 378 g/mol. The molecule has 0 radical (unpaired) electrons. The van der Waals surface area contributed by atoms with Gasteiger partial charge in [0.05, 0.1) is 28.2 Å². The lowest BCUT2D eigenvalue weighted by Crippen LogP contribution is -2.45. The molecule has 1 amide bonds. The molecule has 1 unspecified atom stereocenters. The van der Waals surface area contributed by atoms with Crippen molar-refractivity contribution in [1.82, 2.24) is 14.9 Å². The van der Waals surface area contributed by atoms with Gasteiger partial charge in [-0.25, -0.2) is 4.98 Å². The van der Waals surface area contributed by atoms with Crippen molar-refractivity contribution in [3.8, 4) is 0 Å². The number of halogens is 1. The van der Waals surface area contributed by atoms with Gasteiger partial charge in [0.1, 0.15) is 5.65 Å². The van der Waals surface area contributed by atoms with Gasteiger partial charge < -0.3 is 19.7 Å². The predicted molar refractivity (Wildman–Crippen MR) is 109 cm³/mol. The van der Waals surface area contributed by atoms with Crippen LogP contribution in [0.2, 0.25) is 5.02 Å². The largest absolute Gasteiger partial charge is 0.388 e. The monoisotopic (exact) mass is 405 g/mol. The third-order valence-electron chi connectivity index (χ3n) is 6.08. The Balaban J connectivity index is 1.56. The molecule has 1 aliphatic carbocycles. The lowest BCUT2D eigenvalue weighted by molar-refractivity contribution is -0.0109. The highest BCUT2D eigenvalue weighted by Crippen LogP contribution is 2.32. The molecule has 2 fully saturated rings. The number of nitrogens with one attached hydrogen (secondary N) is 1. The first-order valence-corrected chi connectivity index (χ1v) is 10.5. The number of fused-ring (bicyclic) bond motifs is 1. The van der Waals surface area contributed by atoms with Crippen molar-refractivity contribution < 1.29 is 14.6 Å². The molecule has 28 heavy (non-hydrogen) atoms. The number of carbonyl (C=O) groups is 1. The van der Waals surface area contributed by atoms with Crippen molar-refractivity contribution in [2.45, 2.75) is 51.2 Å². The van der Waals surface area contributed by atoms with Crippen LogP contribution in [-0.2, 0) is 11.3 Å². The van der Waals surface area contributed by atoms with Crippen molar-refractivity contribution in [2.24, 2.45) is 11.8 Å². The maximum absolute atomic E-state index is 13.0. The van der Waals surface area contributed by atoms with E-state index in [1.54, 1.807) is 12.3 Å². The Morgan fingerprint density at radius 2 is 2.36 bits per heavy atom. The second kappa shape index (κ2) is 8.01. The highest BCUT2D eigenvalue weighted by Gasteiger charge is 2.33. The predicted octanol–water partition coefficient (Wildman–Crippen LogP) is 3.40. The first kappa shape index (κ1) is 19.7. The molecule has 2 aromatic heterocycles. The molecule has 1 saturated carbocycles. The van der Waals surface area contributed by atoms with Crippen LogP contribution < -0.4 is 5.32 Å². The molecule has 7 heteroatoms. The summed E-state index contributed by atoms with van der Waals surface area (Å²) in [4.78, 5) is 17.5.